The molecule has 0 saturated carbocycles. The van der Waals surface area contributed by atoms with E-state index < -0.39 is 11.0 Å². The van der Waals surface area contributed by atoms with Crippen molar-refractivity contribution in [3.05, 3.63) is 28.3 Å². The molecular formula is C9H8N2O4. The SMILES string of the molecule is CC1Oc2cc([N+](=O)[O-])ccc2NC1=O. The third-order valence-corrected chi connectivity index (χ3v) is 2.11. The molecule has 2 rings (SSSR count). The molecule has 1 aromatic rings. The third kappa shape index (κ3) is 1.61. The van der Waals surface area contributed by atoms with Crippen LogP contribution in [0.5, 0.6) is 5.75 Å². The minimum atomic E-state index is -0.625. The average Bonchev–Trinajstić information content (AvgIpc) is 2.19. The number of benzene rings is 1. The Bertz CT molecular complexity index is 444. The molecule has 1 heterocycles. The number of carbonyl (C=O) groups is 1. The molecule has 0 radical (unpaired) electrons. The molecule has 1 aliphatic rings. The predicted octanol–water partition coefficient (Wildman–Crippen LogP) is 1.31. The number of nitro benzene ring substituents is 1. The number of amides is 1. The molecule has 0 bridgehead atoms. The van der Waals surface area contributed by atoms with E-state index in [0.717, 1.165) is 0 Å². The van der Waals surface area contributed by atoms with Crippen molar-refractivity contribution in [2.75, 3.05) is 5.32 Å². The molecule has 78 valence electrons. The van der Waals surface area contributed by atoms with E-state index in [0.29, 0.717) is 11.4 Å². The van der Waals surface area contributed by atoms with E-state index in [2.05, 4.69) is 5.32 Å². The summed E-state index contributed by atoms with van der Waals surface area (Å²) in [5, 5.41) is 13.1. The maximum absolute atomic E-state index is 11.2. The number of non-ortho nitro benzene ring substituents is 1. The number of anilines is 1. The number of nitrogens with one attached hydrogen (secondary N) is 1. The molecule has 0 aromatic heterocycles. The summed E-state index contributed by atoms with van der Waals surface area (Å²) >= 11 is 0. The van der Waals surface area contributed by atoms with Gasteiger partial charge in [-0.3, -0.25) is 14.9 Å². The summed E-state index contributed by atoms with van der Waals surface area (Å²) in [6.07, 6.45) is -0.625. The lowest BCUT2D eigenvalue weighted by molar-refractivity contribution is -0.384. The molecule has 1 unspecified atom stereocenters. The average molecular weight is 208 g/mol. The molecular weight excluding hydrogens is 200 g/mol. The summed E-state index contributed by atoms with van der Waals surface area (Å²) in [6.45, 7) is 1.58. The number of hydrogen-bond donors (Lipinski definition) is 1. The highest BCUT2D eigenvalue weighted by molar-refractivity contribution is 5.97. The Kier molecular flexibility index (Phi) is 2.03. The fourth-order valence-electron chi connectivity index (χ4n) is 1.30. The van der Waals surface area contributed by atoms with Crippen LogP contribution < -0.4 is 10.1 Å². The minimum Gasteiger partial charge on any atom is -0.478 e. The van der Waals surface area contributed by atoms with Gasteiger partial charge in [-0.15, -0.1) is 0 Å². The topological polar surface area (TPSA) is 81.5 Å². The van der Waals surface area contributed by atoms with E-state index in [1.807, 2.05) is 0 Å². The van der Waals surface area contributed by atoms with Crippen LogP contribution >= 0.6 is 0 Å². The van der Waals surface area contributed by atoms with Gasteiger partial charge in [0.15, 0.2) is 11.9 Å². The van der Waals surface area contributed by atoms with Crippen molar-refractivity contribution in [3.63, 3.8) is 0 Å². The Morgan fingerprint density at radius 2 is 2.27 bits per heavy atom. The Labute approximate surface area is 85.0 Å². The lowest BCUT2D eigenvalue weighted by Gasteiger charge is -2.22. The van der Waals surface area contributed by atoms with Crippen LogP contribution in [0.4, 0.5) is 11.4 Å². The van der Waals surface area contributed by atoms with Gasteiger partial charge in [0.05, 0.1) is 16.7 Å². The van der Waals surface area contributed by atoms with Gasteiger partial charge in [0, 0.05) is 6.07 Å². The monoisotopic (exact) mass is 208 g/mol. The second-order valence-corrected chi connectivity index (χ2v) is 3.19. The van der Waals surface area contributed by atoms with Gasteiger partial charge < -0.3 is 10.1 Å². The molecule has 1 amide bonds. The van der Waals surface area contributed by atoms with Gasteiger partial charge in [0.2, 0.25) is 0 Å². The summed E-state index contributed by atoms with van der Waals surface area (Å²) in [4.78, 5) is 21.2. The lowest BCUT2D eigenvalue weighted by Crippen LogP contribution is -2.34. The number of ether oxygens (including phenoxy) is 1. The van der Waals surface area contributed by atoms with Gasteiger partial charge in [0.1, 0.15) is 0 Å². The Hall–Kier alpha value is -2.11. The van der Waals surface area contributed by atoms with E-state index in [-0.39, 0.29) is 11.6 Å². The molecule has 1 aliphatic heterocycles. The molecule has 0 aliphatic carbocycles. The number of carbonyl (C=O) groups excluding carboxylic acids is 1. The van der Waals surface area contributed by atoms with Gasteiger partial charge in [-0.25, -0.2) is 0 Å². The van der Waals surface area contributed by atoms with Crippen LogP contribution in [-0.2, 0) is 4.79 Å². The molecule has 1 aromatic carbocycles. The zero-order valence-corrected chi connectivity index (χ0v) is 7.89. The van der Waals surface area contributed by atoms with Crippen LogP contribution in [0, 0.1) is 10.1 Å². The first-order chi connectivity index (χ1) is 7.08. The summed E-state index contributed by atoms with van der Waals surface area (Å²) in [6, 6.07) is 4.07. The van der Waals surface area contributed by atoms with Crippen molar-refractivity contribution >= 4 is 17.3 Å². The highest BCUT2D eigenvalue weighted by atomic mass is 16.6. The molecule has 6 nitrogen and oxygen atoms in total. The van der Waals surface area contributed by atoms with Crippen molar-refractivity contribution in [1.29, 1.82) is 0 Å². The number of nitrogens with zero attached hydrogens (tertiary/aromatic N) is 1. The van der Waals surface area contributed by atoms with Crippen molar-refractivity contribution in [2.24, 2.45) is 0 Å². The smallest absolute Gasteiger partial charge is 0.273 e. The Morgan fingerprint density at radius 3 is 2.93 bits per heavy atom. The van der Waals surface area contributed by atoms with E-state index >= 15 is 0 Å². The van der Waals surface area contributed by atoms with Crippen molar-refractivity contribution in [2.45, 2.75) is 13.0 Å². The van der Waals surface area contributed by atoms with E-state index in [1.165, 1.54) is 18.2 Å². The van der Waals surface area contributed by atoms with Crippen LogP contribution in [0.25, 0.3) is 0 Å². The fourth-order valence-corrected chi connectivity index (χ4v) is 1.30. The quantitative estimate of drug-likeness (QED) is 0.557. The maximum atomic E-state index is 11.2. The van der Waals surface area contributed by atoms with Gasteiger partial charge in [-0.2, -0.15) is 0 Å². The summed E-state index contributed by atoms with van der Waals surface area (Å²) in [5.74, 6) is 0.0765. The molecule has 15 heavy (non-hydrogen) atoms. The number of fused-ring (bicyclic) bond motifs is 1. The first-order valence-corrected chi connectivity index (χ1v) is 4.34. The summed E-state index contributed by atoms with van der Waals surface area (Å²) < 4.78 is 5.22. The zero-order valence-electron chi connectivity index (χ0n) is 7.89. The van der Waals surface area contributed by atoms with Crippen LogP contribution in [0.15, 0.2) is 18.2 Å². The molecule has 6 heteroatoms. The second-order valence-electron chi connectivity index (χ2n) is 3.19. The van der Waals surface area contributed by atoms with Gasteiger partial charge >= 0.3 is 0 Å². The minimum absolute atomic E-state index is 0.0582. The molecule has 1 N–H and O–H groups in total. The summed E-state index contributed by atoms with van der Waals surface area (Å²) in [5.41, 5.74) is 0.404. The Balaban J connectivity index is 2.41. The Morgan fingerprint density at radius 1 is 1.53 bits per heavy atom. The summed E-state index contributed by atoms with van der Waals surface area (Å²) in [7, 11) is 0. The number of nitro groups is 1. The molecule has 0 spiro atoms. The van der Waals surface area contributed by atoms with Crippen LogP contribution in [0.3, 0.4) is 0 Å². The van der Waals surface area contributed by atoms with E-state index in [4.69, 9.17) is 4.74 Å². The molecule has 1 atom stereocenters. The zero-order chi connectivity index (χ0) is 11.0. The van der Waals surface area contributed by atoms with E-state index in [1.54, 1.807) is 6.92 Å². The highest BCUT2D eigenvalue weighted by Gasteiger charge is 2.24. The van der Waals surface area contributed by atoms with Crippen molar-refractivity contribution in [1.82, 2.24) is 0 Å². The fraction of sp³-hybridized carbons (Fsp3) is 0.222. The first-order valence-electron chi connectivity index (χ1n) is 4.34. The van der Waals surface area contributed by atoms with Crippen LogP contribution in [0.2, 0.25) is 0 Å². The normalized spacial score (nSPS) is 18.7. The van der Waals surface area contributed by atoms with Crippen LogP contribution in [0.1, 0.15) is 6.92 Å². The lowest BCUT2D eigenvalue weighted by atomic mass is 10.2. The number of hydrogen-bond acceptors (Lipinski definition) is 4. The second kappa shape index (κ2) is 3.23. The number of rotatable bonds is 1. The third-order valence-electron chi connectivity index (χ3n) is 2.11. The highest BCUT2D eigenvalue weighted by Crippen LogP contribution is 2.32. The van der Waals surface area contributed by atoms with Gasteiger partial charge in [-0.1, -0.05) is 0 Å². The largest absolute Gasteiger partial charge is 0.478 e. The molecule has 0 saturated heterocycles. The van der Waals surface area contributed by atoms with Gasteiger partial charge in [0.25, 0.3) is 11.6 Å². The van der Waals surface area contributed by atoms with Crippen molar-refractivity contribution in [3.8, 4) is 5.75 Å². The van der Waals surface area contributed by atoms with Crippen molar-refractivity contribution < 1.29 is 14.5 Å². The predicted molar refractivity (Wildman–Crippen MR) is 51.8 cm³/mol. The molecule has 0 fully saturated rings. The van der Waals surface area contributed by atoms with Gasteiger partial charge in [-0.05, 0) is 13.0 Å². The standard InChI is InChI=1S/C9H8N2O4/c1-5-9(12)10-7-3-2-6(11(13)14)4-8(7)15-5/h2-5H,1H3,(H,10,12). The van der Waals surface area contributed by atoms with E-state index in [9.17, 15) is 14.9 Å². The maximum Gasteiger partial charge on any atom is 0.273 e. The van der Waals surface area contributed by atoms with Crippen LogP contribution in [-0.4, -0.2) is 16.9 Å². The first kappa shape index (κ1) is 9.45.